The molecule has 2 aromatic rings. The van der Waals surface area contributed by atoms with Crippen molar-refractivity contribution in [2.45, 2.75) is 38.0 Å². The number of carbonyl (C=O) groups excluding carboxylic acids is 4. The average Bonchev–Trinajstić information content (AvgIpc) is 3.19. The molecule has 1 aliphatic heterocycles. The van der Waals surface area contributed by atoms with Crippen LogP contribution in [0.5, 0.6) is 5.75 Å². The quantitative estimate of drug-likeness (QED) is 0.196. The summed E-state index contributed by atoms with van der Waals surface area (Å²) in [5.41, 5.74) is -2.60. The van der Waals surface area contributed by atoms with Crippen LogP contribution in [0.2, 0.25) is 0 Å². The fraction of sp³-hybridized carbons (Fsp3) is 0.290. The monoisotopic (exact) mass is 601 g/mol. The highest BCUT2D eigenvalue weighted by Crippen LogP contribution is 2.55. The van der Waals surface area contributed by atoms with Crippen LogP contribution in [-0.2, 0) is 31.5 Å². The molecule has 2 aromatic carbocycles. The van der Waals surface area contributed by atoms with E-state index in [1.54, 1.807) is 18.2 Å². The van der Waals surface area contributed by atoms with Crippen LogP contribution in [0.15, 0.2) is 76.9 Å². The Kier molecular flexibility index (Phi) is 6.34. The molecule has 0 bridgehead atoms. The van der Waals surface area contributed by atoms with Gasteiger partial charge in [-0.25, -0.2) is 4.90 Å². The predicted octanol–water partition coefficient (Wildman–Crippen LogP) is 6.06. The van der Waals surface area contributed by atoms with Gasteiger partial charge in [-0.3, -0.25) is 19.2 Å². The molecule has 12 heteroatoms. The van der Waals surface area contributed by atoms with E-state index in [0.29, 0.717) is 28.2 Å². The number of rotatable bonds is 2. The summed E-state index contributed by atoms with van der Waals surface area (Å²) < 4.78 is 81.4. The highest BCUT2D eigenvalue weighted by Gasteiger charge is 2.57. The van der Waals surface area contributed by atoms with Gasteiger partial charge in [0, 0.05) is 22.6 Å². The van der Waals surface area contributed by atoms with Crippen molar-refractivity contribution in [1.82, 2.24) is 0 Å². The summed E-state index contributed by atoms with van der Waals surface area (Å²) in [5.74, 6) is -6.78. The third-order valence-corrected chi connectivity index (χ3v) is 8.62. The zero-order chi connectivity index (χ0) is 31.2. The topological polar surface area (TPSA) is 91.8 Å². The SMILES string of the molecule is CC1=CC(=O)C2=C(CC3C(=CCC4C(=O)N(c5cc(C(F)(F)F)cc(C(F)(F)F)c5)C(=O)C43)C2c2ccc(O)cc2)C1=O. The van der Waals surface area contributed by atoms with E-state index in [1.807, 2.05) is 0 Å². The molecule has 4 unspecified atom stereocenters. The summed E-state index contributed by atoms with van der Waals surface area (Å²) in [7, 11) is 0. The highest BCUT2D eigenvalue weighted by molar-refractivity contribution is 6.25. The molecule has 4 atom stereocenters. The molecule has 43 heavy (non-hydrogen) atoms. The molecule has 1 heterocycles. The number of ketones is 2. The van der Waals surface area contributed by atoms with Gasteiger partial charge >= 0.3 is 12.4 Å². The molecule has 2 amide bonds. The van der Waals surface area contributed by atoms with Crippen molar-refractivity contribution in [3.63, 3.8) is 0 Å². The third-order valence-electron chi connectivity index (χ3n) is 8.62. The lowest BCUT2D eigenvalue weighted by atomic mass is 9.59. The lowest BCUT2D eigenvalue weighted by Crippen LogP contribution is -2.39. The van der Waals surface area contributed by atoms with Crippen LogP contribution in [0.4, 0.5) is 32.0 Å². The Morgan fingerprint density at radius 2 is 1.44 bits per heavy atom. The molecule has 0 saturated carbocycles. The van der Waals surface area contributed by atoms with Crippen molar-refractivity contribution >= 4 is 29.1 Å². The fourth-order valence-corrected chi connectivity index (χ4v) is 6.75. The second-order valence-electron chi connectivity index (χ2n) is 11.1. The first-order valence-corrected chi connectivity index (χ1v) is 13.2. The van der Waals surface area contributed by atoms with Crippen LogP contribution in [0.25, 0.3) is 0 Å². The molecule has 6 rings (SSSR count). The van der Waals surface area contributed by atoms with Crippen LogP contribution < -0.4 is 4.90 Å². The number of fused-ring (bicyclic) bond motifs is 3. The molecule has 4 aliphatic rings. The van der Waals surface area contributed by atoms with E-state index in [-0.39, 0.29) is 41.4 Å². The Bertz CT molecular complexity index is 1680. The summed E-state index contributed by atoms with van der Waals surface area (Å²) in [6.07, 6.45) is -7.66. The van der Waals surface area contributed by atoms with Crippen molar-refractivity contribution in [3.05, 3.63) is 93.6 Å². The molecule has 0 spiro atoms. The first-order chi connectivity index (χ1) is 20.1. The number of allylic oxidation sites excluding steroid dienone is 6. The van der Waals surface area contributed by atoms with E-state index in [9.17, 15) is 50.6 Å². The van der Waals surface area contributed by atoms with Crippen molar-refractivity contribution in [1.29, 1.82) is 0 Å². The number of phenolic OH excluding ortho intramolecular Hbond substituents is 1. The summed E-state index contributed by atoms with van der Waals surface area (Å²) in [5, 5.41) is 9.83. The van der Waals surface area contributed by atoms with Gasteiger partial charge in [0.05, 0.1) is 28.7 Å². The first kappa shape index (κ1) is 28.6. The number of nitrogens with zero attached hydrogens (tertiary/aromatic N) is 1. The number of hydrogen-bond acceptors (Lipinski definition) is 5. The smallest absolute Gasteiger partial charge is 0.416 e. The molecule has 1 N–H and O–H groups in total. The summed E-state index contributed by atoms with van der Waals surface area (Å²) in [6, 6.07) is 6.49. The second-order valence-corrected chi connectivity index (χ2v) is 11.1. The van der Waals surface area contributed by atoms with Crippen LogP contribution in [-0.4, -0.2) is 28.5 Å². The van der Waals surface area contributed by atoms with Gasteiger partial charge in [-0.15, -0.1) is 0 Å². The number of anilines is 1. The van der Waals surface area contributed by atoms with Crippen molar-refractivity contribution in [3.8, 4) is 5.75 Å². The number of halogens is 6. The Balaban J connectivity index is 1.47. The van der Waals surface area contributed by atoms with Gasteiger partial charge in [-0.05, 0) is 67.7 Å². The highest BCUT2D eigenvalue weighted by atomic mass is 19.4. The summed E-state index contributed by atoms with van der Waals surface area (Å²) in [6.45, 7) is 1.46. The number of amides is 2. The van der Waals surface area contributed by atoms with E-state index in [1.165, 1.54) is 25.1 Å². The van der Waals surface area contributed by atoms with Crippen molar-refractivity contribution in [2.75, 3.05) is 4.90 Å². The van der Waals surface area contributed by atoms with E-state index in [0.717, 1.165) is 0 Å². The van der Waals surface area contributed by atoms with Crippen LogP contribution in [0.3, 0.4) is 0 Å². The van der Waals surface area contributed by atoms with Crippen molar-refractivity contribution in [2.24, 2.45) is 17.8 Å². The zero-order valence-electron chi connectivity index (χ0n) is 22.2. The van der Waals surface area contributed by atoms with Crippen LogP contribution >= 0.6 is 0 Å². The Morgan fingerprint density at radius 3 is 2.02 bits per heavy atom. The minimum Gasteiger partial charge on any atom is -0.508 e. The van der Waals surface area contributed by atoms with E-state index < -0.39 is 76.2 Å². The van der Waals surface area contributed by atoms with Crippen molar-refractivity contribution < 1.29 is 50.6 Å². The molecular weight excluding hydrogens is 580 g/mol. The largest absolute Gasteiger partial charge is 0.508 e. The average molecular weight is 601 g/mol. The molecule has 6 nitrogen and oxygen atoms in total. The Morgan fingerprint density at radius 1 is 0.837 bits per heavy atom. The Labute approximate surface area is 240 Å². The number of aromatic hydroxyl groups is 1. The normalized spacial score (nSPS) is 25.8. The number of alkyl halides is 6. The van der Waals surface area contributed by atoms with Gasteiger partial charge in [0.25, 0.3) is 0 Å². The molecule has 0 radical (unpaired) electrons. The van der Waals surface area contributed by atoms with E-state index >= 15 is 0 Å². The third kappa shape index (κ3) is 4.50. The molecule has 222 valence electrons. The second kappa shape index (κ2) is 9.51. The molecule has 1 fully saturated rings. The Hall–Kier alpha value is -4.48. The molecule has 0 aromatic heterocycles. The van der Waals surface area contributed by atoms with E-state index in [2.05, 4.69) is 0 Å². The zero-order valence-corrected chi connectivity index (χ0v) is 22.2. The molecule has 1 saturated heterocycles. The standard InChI is InChI=1S/C31H21F6NO5/c1-13-8-23(40)26-22(27(13)41)12-21-19(24(26)14-2-4-18(39)5-3-14)6-7-20-25(21)29(43)38(28(20)42)17-10-15(30(32,33)34)9-16(11-17)31(35,36)37/h2-6,8-11,20-21,24-25,39H,7,12H2,1H3. The minimum absolute atomic E-state index is 0.0587. The number of benzene rings is 2. The van der Waals surface area contributed by atoms with Crippen LogP contribution in [0, 0.1) is 17.8 Å². The molecule has 3 aliphatic carbocycles. The number of carbonyl (C=O) groups is 4. The minimum atomic E-state index is -5.19. The number of Topliss-reactive ketones (excluding diaryl/α,β-unsaturated/α-hetero) is 1. The summed E-state index contributed by atoms with van der Waals surface area (Å²) in [4.78, 5) is 54.3. The van der Waals surface area contributed by atoms with Gasteiger partial charge in [0.2, 0.25) is 11.8 Å². The lowest BCUT2D eigenvalue weighted by molar-refractivity contribution is -0.143. The lowest BCUT2D eigenvalue weighted by Gasteiger charge is -2.42. The van der Waals surface area contributed by atoms with E-state index in [4.69, 9.17) is 0 Å². The first-order valence-electron chi connectivity index (χ1n) is 13.2. The predicted molar refractivity (Wildman–Crippen MR) is 138 cm³/mol. The summed E-state index contributed by atoms with van der Waals surface area (Å²) >= 11 is 0. The maximum absolute atomic E-state index is 13.9. The fourth-order valence-electron chi connectivity index (χ4n) is 6.75. The number of imide groups is 1. The van der Waals surface area contributed by atoms with Gasteiger partial charge < -0.3 is 5.11 Å². The van der Waals surface area contributed by atoms with Gasteiger partial charge in [0.15, 0.2) is 11.6 Å². The van der Waals surface area contributed by atoms with Gasteiger partial charge in [-0.2, -0.15) is 26.3 Å². The molecular formula is C31H21F6NO5. The maximum Gasteiger partial charge on any atom is 0.416 e. The number of hydrogen-bond donors (Lipinski definition) is 1. The van der Waals surface area contributed by atoms with Gasteiger partial charge in [0.1, 0.15) is 5.75 Å². The van der Waals surface area contributed by atoms with Gasteiger partial charge in [-0.1, -0.05) is 23.8 Å². The maximum atomic E-state index is 13.9. The number of phenols is 1. The van der Waals surface area contributed by atoms with Crippen LogP contribution in [0.1, 0.15) is 42.4 Å².